The van der Waals surface area contributed by atoms with E-state index in [1.807, 2.05) is 13.8 Å². The van der Waals surface area contributed by atoms with Crippen molar-refractivity contribution < 1.29 is 38.7 Å². The predicted molar refractivity (Wildman–Crippen MR) is 118 cm³/mol. The molecule has 8 heteroatoms. The van der Waals surface area contributed by atoms with E-state index in [4.69, 9.17) is 23.7 Å². The average molecular weight is 446 g/mol. The summed E-state index contributed by atoms with van der Waals surface area (Å²) in [6.45, 7) is 5.34. The van der Waals surface area contributed by atoms with Crippen LogP contribution >= 0.6 is 0 Å². The van der Waals surface area contributed by atoms with Gasteiger partial charge in [-0.2, -0.15) is 0 Å². The van der Waals surface area contributed by atoms with Gasteiger partial charge in [-0.1, -0.05) is 13.8 Å². The summed E-state index contributed by atoms with van der Waals surface area (Å²) >= 11 is 0. The molecule has 3 atom stereocenters. The maximum atomic E-state index is 12.0. The average Bonchev–Trinajstić information content (AvgIpc) is 2.76. The number of hydrogen-bond acceptors (Lipinski definition) is 8. The molecule has 0 saturated heterocycles. The quantitative estimate of drug-likeness (QED) is 0.658. The van der Waals surface area contributed by atoms with E-state index in [0.717, 1.165) is 0 Å². The second-order valence-electron chi connectivity index (χ2n) is 7.98. The van der Waals surface area contributed by atoms with Crippen molar-refractivity contribution >= 4 is 5.97 Å². The normalized spacial score (nSPS) is 19.7. The second kappa shape index (κ2) is 9.06. The summed E-state index contributed by atoms with van der Waals surface area (Å²) in [5.74, 6) is 0.192. The lowest BCUT2D eigenvalue weighted by molar-refractivity contribution is -0.150. The van der Waals surface area contributed by atoms with Gasteiger partial charge in [0, 0.05) is 29.5 Å². The molecule has 8 nitrogen and oxygen atoms in total. The minimum absolute atomic E-state index is 0.00508. The standard InChI is InChI=1S/C24H30O8/c1-11-8-15-14(10-18(28-4)23(30-6)20(15)27)19-16(21(12(11)2)32-13(3)25)9-17(26)22(29-5)24(19)31-7/h9-12,21,26-27H,8H2,1-7H3/t11-,12?,21+/m1/s1. The SMILES string of the molecule is COc1cc2c(c(O)c1OC)C[C@@H](C)C(C)[C@H](OC(C)=O)c1cc(O)c(OC)c(OC)c1-2. The number of phenolic OH excluding ortho intramolecular Hbond substituents is 2. The molecule has 2 N–H and O–H groups in total. The first-order valence-electron chi connectivity index (χ1n) is 10.3. The van der Waals surface area contributed by atoms with Crippen LogP contribution in [0.5, 0.6) is 34.5 Å². The van der Waals surface area contributed by atoms with E-state index in [-0.39, 0.29) is 40.6 Å². The molecule has 0 bridgehead atoms. The number of methoxy groups -OCH3 is 4. The first kappa shape index (κ1) is 23.4. The van der Waals surface area contributed by atoms with Crippen LogP contribution in [0, 0.1) is 11.8 Å². The Morgan fingerprint density at radius 2 is 1.56 bits per heavy atom. The topological polar surface area (TPSA) is 104 Å². The molecule has 2 aromatic rings. The number of phenols is 2. The molecule has 1 aliphatic carbocycles. The van der Waals surface area contributed by atoms with Crippen LogP contribution in [0.4, 0.5) is 0 Å². The van der Waals surface area contributed by atoms with Crippen molar-refractivity contribution in [2.24, 2.45) is 11.8 Å². The Morgan fingerprint density at radius 1 is 0.938 bits per heavy atom. The molecule has 0 heterocycles. The van der Waals surface area contributed by atoms with Crippen molar-refractivity contribution in [2.75, 3.05) is 28.4 Å². The van der Waals surface area contributed by atoms with Gasteiger partial charge in [0.05, 0.1) is 28.4 Å². The Labute approximate surface area is 187 Å². The van der Waals surface area contributed by atoms with Gasteiger partial charge in [0.2, 0.25) is 11.5 Å². The van der Waals surface area contributed by atoms with Gasteiger partial charge in [-0.3, -0.25) is 4.79 Å². The molecule has 3 rings (SSSR count). The van der Waals surface area contributed by atoms with Crippen molar-refractivity contribution in [1.82, 2.24) is 0 Å². The summed E-state index contributed by atoms with van der Waals surface area (Å²) in [4.78, 5) is 12.0. The zero-order valence-corrected chi connectivity index (χ0v) is 19.4. The molecular formula is C24H30O8. The summed E-state index contributed by atoms with van der Waals surface area (Å²) in [6.07, 6.45) is -0.182. The number of hydrogen-bond donors (Lipinski definition) is 2. The number of fused-ring (bicyclic) bond motifs is 3. The Morgan fingerprint density at radius 3 is 2.09 bits per heavy atom. The van der Waals surface area contributed by atoms with Gasteiger partial charge in [0.15, 0.2) is 23.0 Å². The van der Waals surface area contributed by atoms with Gasteiger partial charge in [-0.05, 0) is 30.0 Å². The monoisotopic (exact) mass is 446 g/mol. The molecule has 32 heavy (non-hydrogen) atoms. The van der Waals surface area contributed by atoms with Crippen LogP contribution in [0.25, 0.3) is 11.1 Å². The number of rotatable bonds is 5. The van der Waals surface area contributed by atoms with Crippen LogP contribution in [-0.4, -0.2) is 44.6 Å². The van der Waals surface area contributed by atoms with Crippen molar-refractivity contribution in [3.63, 3.8) is 0 Å². The van der Waals surface area contributed by atoms with Gasteiger partial charge in [-0.25, -0.2) is 0 Å². The molecular weight excluding hydrogens is 416 g/mol. The van der Waals surface area contributed by atoms with Gasteiger partial charge in [-0.15, -0.1) is 0 Å². The van der Waals surface area contributed by atoms with Crippen LogP contribution in [0.3, 0.4) is 0 Å². The van der Waals surface area contributed by atoms with Crippen molar-refractivity contribution in [3.8, 4) is 45.6 Å². The van der Waals surface area contributed by atoms with E-state index in [1.165, 1.54) is 41.4 Å². The van der Waals surface area contributed by atoms with E-state index >= 15 is 0 Å². The zero-order valence-electron chi connectivity index (χ0n) is 19.4. The number of esters is 1. The van der Waals surface area contributed by atoms with Crippen molar-refractivity contribution in [3.05, 3.63) is 23.3 Å². The minimum Gasteiger partial charge on any atom is -0.504 e. The minimum atomic E-state index is -0.661. The summed E-state index contributed by atoms with van der Waals surface area (Å²) < 4.78 is 27.7. The molecule has 0 amide bonds. The van der Waals surface area contributed by atoms with Crippen LogP contribution in [0.15, 0.2) is 12.1 Å². The Bertz CT molecular complexity index is 1030. The fraction of sp³-hybridized carbons (Fsp3) is 0.458. The summed E-state index contributed by atoms with van der Waals surface area (Å²) in [5, 5.41) is 21.8. The van der Waals surface area contributed by atoms with Crippen LogP contribution in [-0.2, 0) is 16.0 Å². The first-order chi connectivity index (χ1) is 15.2. The van der Waals surface area contributed by atoms with Crippen molar-refractivity contribution in [2.45, 2.75) is 33.3 Å². The van der Waals surface area contributed by atoms with E-state index in [2.05, 4.69) is 0 Å². The number of aromatic hydroxyl groups is 2. The number of carbonyl (C=O) groups is 1. The molecule has 1 aliphatic rings. The lowest BCUT2D eigenvalue weighted by atomic mass is 9.76. The highest BCUT2D eigenvalue weighted by Gasteiger charge is 2.38. The van der Waals surface area contributed by atoms with Gasteiger partial charge >= 0.3 is 5.97 Å². The Balaban J connectivity index is 2.52. The van der Waals surface area contributed by atoms with Crippen molar-refractivity contribution in [1.29, 1.82) is 0 Å². The third kappa shape index (κ3) is 3.74. The second-order valence-corrected chi connectivity index (χ2v) is 7.98. The molecule has 0 saturated carbocycles. The molecule has 0 aromatic heterocycles. The number of benzene rings is 2. The zero-order chi connectivity index (χ0) is 23.7. The van der Waals surface area contributed by atoms with Crippen LogP contribution in [0.1, 0.15) is 38.0 Å². The van der Waals surface area contributed by atoms with Gasteiger partial charge < -0.3 is 33.9 Å². The molecule has 174 valence electrons. The Hall–Kier alpha value is -3.29. The molecule has 0 fully saturated rings. The maximum absolute atomic E-state index is 12.0. The molecule has 1 unspecified atom stereocenters. The van der Waals surface area contributed by atoms with Gasteiger partial charge in [0.25, 0.3) is 0 Å². The van der Waals surface area contributed by atoms with Crippen LogP contribution < -0.4 is 18.9 Å². The highest BCUT2D eigenvalue weighted by molar-refractivity contribution is 5.86. The molecule has 0 radical (unpaired) electrons. The highest BCUT2D eigenvalue weighted by atomic mass is 16.5. The van der Waals surface area contributed by atoms with E-state index in [0.29, 0.717) is 34.4 Å². The predicted octanol–water partition coefficient (Wildman–Crippen LogP) is 4.23. The van der Waals surface area contributed by atoms with Crippen LogP contribution in [0.2, 0.25) is 0 Å². The molecule has 0 spiro atoms. The lowest BCUT2D eigenvalue weighted by Crippen LogP contribution is -2.26. The fourth-order valence-corrected chi connectivity index (χ4v) is 4.42. The van der Waals surface area contributed by atoms with E-state index in [1.54, 1.807) is 6.07 Å². The maximum Gasteiger partial charge on any atom is 0.303 e. The smallest absolute Gasteiger partial charge is 0.303 e. The molecule has 0 aliphatic heterocycles. The summed E-state index contributed by atoms with van der Waals surface area (Å²) in [7, 11) is 5.83. The lowest BCUT2D eigenvalue weighted by Gasteiger charge is -2.35. The first-order valence-corrected chi connectivity index (χ1v) is 10.3. The fourth-order valence-electron chi connectivity index (χ4n) is 4.42. The van der Waals surface area contributed by atoms with E-state index < -0.39 is 12.1 Å². The number of carbonyl (C=O) groups excluding carboxylic acids is 1. The third-order valence-corrected chi connectivity index (χ3v) is 6.17. The third-order valence-electron chi connectivity index (χ3n) is 6.17. The molecule has 2 aromatic carbocycles. The van der Waals surface area contributed by atoms with E-state index in [9.17, 15) is 15.0 Å². The Kier molecular flexibility index (Phi) is 6.62. The largest absolute Gasteiger partial charge is 0.504 e. The number of ether oxygens (including phenoxy) is 5. The summed E-state index contributed by atoms with van der Waals surface area (Å²) in [6, 6.07) is 3.27. The summed E-state index contributed by atoms with van der Waals surface area (Å²) in [5.41, 5.74) is 2.33. The van der Waals surface area contributed by atoms with Gasteiger partial charge in [0.1, 0.15) is 6.10 Å². The highest BCUT2D eigenvalue weighted by Crippen LogP contribution is 2.56.